The summed E-state index contributed by atoms with van der Waals surface area (Å²) in [6.45, 7) is 4.38. The van der Waals surface area contributed by atoms with Crippen molar-refractivity contribution >= 4 is 5.97 Å². The summed E-state index contributed by atoms with van der Waals surface area (Å²) in [4.78, 5) is 11.5. The number of carboxylic acids is 1. The molecular weight excluding hydrogens is 376 g/mol. The van der Waals surface area contributed by atoms with Gasteiger partial charge in [0.1, 0.15) is 0 Å². The molecule has 2 aliphatic carbocycles. The van der Waals surface area contributed by atoms with Crippen molar-refractivity contribution in [3.63, 3.8) is 0 Å². The largest absolute Gasteiger partial charge is 0.478 e. The molecule has 0 bridgehead atoms. The summed E-state index contributed by atoms with van der Waals surface area (Å²) < 4.78 is 0. The van der Waals surface area contributed by atoms with Gasteiger partial charge in [0.25, 0.3) is 0 Å². The number of allylic oxidation sites excluding steroid dienone is 2. The zero-order chi connectivity index (χ0) is 21.7. The van der Waals surface area contributed by atoms with Gasteiger partial charge in [-0.15, -0.1) is 0 Å². The maximum atomic E-state index is 11.5. The SMILES string of the molecule is CCCCC(C)C[C@H](O)C=C[C@H]1[C@H]2CC(Cc3ccccc3C(=O)O)=C[C@H]2C[C@H]1O. The lowest BCUT2D eigenvalue weighted by Gasteiger charge is -2.19. The van der Waals surface area contributed by atoms with Crippen LogP contribution in [-0.2, 0) is 6.42 Å². The number of benzene rings is 1. The second-order valence-corrected chi connectivity index (χ2v) is 9.31. The summed E-state index contributed by atoms with van der Waals surface area (Å²) in [5, 5.41) is 30.4. The minimum atomic E-state index is -0.886. The molecule has 0 aromatic heterocycles. The van der Waals surface area contributed by atoms with Crippen LogP contribution < -0.4 is 0 Å². The van der Waals surface area contributed by atoms with Crippen LogP contribution >= 0.6 is 0 Å². The molecule has 0 amide bonds. The highest BCUT2D eigenvalue weighted by atomic mass is 16.4. The van der Waals surface area contributed by atoms with E-state index >= 15 is 0 Å². The van der Waals surface area contributed by atoms with Crippen LogP contribution in [0.3, 0.4) is 0 Å². The molecule has 3 N–H and O–H groups in total. The Morgan fingerprint density at radius 1 is 1.30 bits per heavy atom. The molecule has 0 aliphatic heterocycles. The van der Waals surface area contributed by atoms with Gasteiger partial charge in [-0.3, -0.25) is 0 Å². The number of aliphatic hydroxyl groups excluding tert-OH is 2. The first kappa shape index (κ1) is 22.8. The van der Waals surface area contributed by atoms with Crippen molar-refractivity contribution < 1.29 is 20.1 Å². The molecule has 1 aromatic rings. The van der Waals surface area contributed by atoms with E-state index in [1.807, 2.05) is 24.3 Å². The summed E-state index contributed by atoms with van der Waals surface area (Å²) >= 11 is 0. The number of hydrogen-bond donors (Lipinski definition) is 3. The van der Waals surface area contributed by atoms with Crippen LogP contribution in [-0.4, -0.2) is 33.5 Å². The Kier molecular flexibility index (Phi) is 7.90. The highest BCUT2D eigenvalue weighted by Gasteiger charge is 2.43. The fraction of sp³-hybridized carbons (Fsp3) is 0.577. The Hall–Kier alpha value is -1.91. The van der Waals surface area contributed by atoms with E-state index in [2.05, 4.69) is 19.9 Å². The molecule has 1 fully saturated rings. The highest BCUT2D eigenvalue weighted by Crippen LogP contribution is 2.48. The van der Waals surface area contributed by atoms with Crippen molar-refractivity contribution in [3.05, 3.63) is 59.2 Å². The minimum absolute atomic E-state index is 0.0547. The normalized spacial score (nSPS) is 27.8. The third-order valence-corrected chi connectivity index (χ3v) is 6.87. The molecule has 4 nitrogen and oxygen atoms in total. The van der Waals surface area contributed by atoms with Gasteiger partial charge in [-0.05, 0) is 55.1 Å². The van der Waals surface area contributed by atoms with Gasteiger partial charge in [0.15, 0.2) is 0 Å². The van der Waals surface area contributed by atoms with Crippen LogP contribution in [0.5, 0.6) is 0 Å². The molecule has 2 aliphatic rings. The summed E-state index contributed by atoms with van der Waals surface area (Å²) in [5.41, 5.74) is 2.48. The first-order valence-corrected chi connectivity index (χ1v) is 11.4. The molecule has 0 heterocycles. The first-order valence-electron chi connectivity index (χ1n) is 11.4. The number of fused-ring (bicyclic) bond motifs is 1. The monoisotopic (exact) mass is 412 g/mol. The molecule has 0 spiro atoms. The van der Waals surface area contributed by atoms with Gasteiger partial charge in [0.2, 0.25) is 0 Å². The van der Waals surface area contributed by atoms with Crippen molar-refractivity contribution in [1.82, 2.24) is 0 Å². The molecule has 0 radical (unpaired) electrons. The maximum Gasteiger partial charge on any atom is 0.335 e. The van der Waals surface area contributed by atoms with E-state index in [0.29, 0.717) is 29.7 Å². The summed E-state index contributed by atoms with van der Waals surface area (Å²) in [7, 11) is 0. The lowest BCUT2D eigenvalue weighted by atomic mass is 9.87. The zero-order valence-corrected chi connectivity index (χ0v) is 18.2. The van der Waals surface area contributed by atoms with Crippen LogP contribution in [0.15, 0.2) is 48.1 Å². The lowest BCUT2D eigenvalue weighted by Crippen LogP contribution is -2.18. The molecule has 1 aromatic carbocycles. The average Bonchev–Trinajstić information content (AvgIpc) is 3.21. The second-order valence-electron chi connectivity index (χ2n) is 9.31. The van der Waals surface area contributed by atoms with E-state index < -0.39 is 12.1 Å². The predicted octanol–water partition coefficient (Wildman–Crippen LogP) is 5.00. The van der Waals surface area contributed by atoms with Crippen molar-refractivity contribution in [2.75, 3.05) is 0 Å². The third kappa shape index (κ3) is 5.61. The average molecular weight is 413 g/mol. The molecular formula is C26H36O4. The lowest BCUT2D eigenvalue weighted by molar-refractivity contribution is 0.0696. The van der Waals surface area contributed by atoms with Crippen molar-refractivity contribution in [3.8, 4) is 0 Å². The molecule has 1 saturated carbocycles. The van der Waals surface area contributed by atoms with Crippen molar-refractivity contribution in [2.45, 2.75) is 71.0 Å². The van der Waals surface area contributed by atoms with E-state index in [1.165, 1.54) is 18.4 Å². The summed E-state index contributed by atoms with van der Waals surface area (Å²) in [6.07, 6.45) is 11.9. The molecule has 3 rings (SSSR count). The number of carboxylic acid groups (broad SMARTS) is 1. The van der Waals surface area contributed by atoms with E-state index in [-0.39, 0.29) is 12.0 Å². The van der Waals surface area contributed by atoms with Crippen LogP contribution in [0.2, 0.25) is 0 Å². The molecule has 4 heteroatoms. The quantitative estimate of drug-likeness (QED) is 0.472. The Bertz CT molecular complexity index is 781. The van der Waals surface area contributed by atoms with E-state index in [0.717, 1.165) is 31.2 Å². The summed E-state index contributed by atoms with van der Waals surface area (Å²) in [5.74, 6) is 0.344. The number of hydrogen-bond acceptors (Lipinski definition) is 3. The van der Waals surface area contributed by atoms with Gasteiger partial charge in [0, 0.05) is 5.92 Å². The van der Waals surface area contributed by atoms with Gasteiger partial charge < -0.3 is 15.3 Å². The van der Waals surface area contributed by atoms with E-state index in [9.17, 15) is 20.1 Å². The van der Waals surface area contributed by atoms with E-state index in [1.54, 1.807) is 12.1 Å². The topological polar surface area (TPSA) is 77.8 Å². The smallest absolute Gasteiger partial charge is 0.335 e. The van der Waals surface area contributed by atoms with Crippen LogP contribution in [0.4, 0.5) is 0 Å². The number of unbranched alkanes of at least 4 members (excludes halogenated alkanes) is 1. The maximum absolute atomic E-state index is 11.5. The predicted molar refractivity (Wildman–Crippen MR) is 119 cm³/mol. The fourth-order valence-corrected chi connectivity index (χ4v) is 5.28. The zero-order valence-electron chi connectivity index (χ0n) is 18.2. The summed E-state index contributed by atoms with van der Waals surface area (Å²) in [6, 6.07) is 7.19. The van der Waals surface area contributed by atoms with Crippen molar-refractivity contribution in [2.24, 2.45) is 23.7 Å². The van der Waals surface area contributed by atoms with Crippen LogP contribution in [0, 0.1) is 23.7 Å². The van der Waals surface area contributed by atoms with Gasteiger partial charge in [-0.1, -0.05) is 75.1 Å². The minimum Gasteiger partial charge on any atom is -0.478 e. The molecule has 164 valence electrons. The fourth-order valence-electron chi connectivity index (χ4n) is 5.28. The van der Waals surface area contributed by atoms with Crippen LogP contribution in [0.25, 0.3) is 0 Å². The Balaban J connectivity index is 1.59. The Labute approximate surface area is 180 Å². The molecule has 1 unspecified atom stereocenters. The van der Waals surface area contributed by atoms with Gasteiger partial charge in [-0.25, -0.2) is 4.79 Å². The third-order valence-electron chi connectivity index (χ3n) is 6.87. The number of rotatable bonds is 10. The van der Waals surface area contributed by atoms with Gasteiger partial charge >= 0.3 is 5.97 Å². The van der Waals surface area contributed by atoms with Gasteiger partial charge in [-0.2, -0.15) is 0 Å². The van der Waals surface area contributed by atoms with Crippen molar-refractivity contribution in [1.29, 1.82) is 0 Å². The van der Waals surface area contributed by atoms with E-state index in [4.69, 9.17) is 0 Å². The van der Waals surface area contributed by atoms with Gasteiger partial charge in [0.05, 0.1) is 17.8 Å². The first-order chi connectivity index (χ1) is 14.4. The standard InChI is InChI=1S/C26H36O4/c1-3-4-7-17(2)12-21(27)10-11-23-24-15-18(14-20(24)16-25(23)28)13-19-8-5-6-9-22(19)26(29)30/h5-6,8-11,14,17,20-21,23-25,27-28H,3-4,7,12-13,15-16H2,1-2H3,(H,29,30)/t17?,20-,21+,23-,24-,25+/m0/s1. The highest BCUT2D eigenvalue weighted by molar-refractivity contribution is 5.89. The Morgan fingerprint density at radius 2 is 2.07 bits per heavy atom. The molecule has 0 saturated heterocycles. The number of aromatic carboxylic acids is 1. The Morgan fingerprint density at radius 3 is 2.80 bits per heavy atom. The molecule has 6 atom stereocenters. The molecule has 30 heavy (non-hydrogen) atoms. The second kappa shape index (κ2) is 10.4. The van der Waals surface area contributed by atoms with Crippen LogP contribution in [0.1, 0.15) is 68.3 Å². The number of carbonyl (C=O) groups is 1. The number of aliphatic hydroxyl groups is 2.